The summed E-state index contributed by atoms with van der Waals surface area (Å²) in [6.45, 7) is 3.49. The number of benzene rings is 2. The molecule has 0 aliphatic carbocycles. The number of phenols is 1. The zero-order chi connectivity index (χ0) is 23.5. The lowest BCUT2D eigenvalue weighted by atomic mass is 10.2. The highest BCUT2D eigenvalue weighted by atomic mass is 79.9. The number of nitrogens with one attached hydrogen (secondary N) is 3. The highest BCUT2D eigenvalue weighted by molar-refractivity contribution is 9.10. The number of rotatable bonds is 5. The van der Waals surface area contributed by atoms with Crippen molar-refractivity contribution in [2.24, 2.45) is 0 Å². The molecule has 0 radical (unpaired) electrons. The number of nitrogens with zero attached hydrogens (tertiary/aromatic N) is 2. The number of hydrogen-bond donors (Lipinski definition) is 4. The minimum atomic E-state index is -3.88. The quantitative estimate of drug-likeness (QED) is 0.365. The number of anilines is 2. The van der Waals surface area contributed by atoms with Crippen molar-refractivity contribution < 1.29 is 18.3 Å². The maximum Gasteiger partial charge on any atom is 0.264 e. The highest BCUT2D eigenvalue weighted by Crippen LogP contribution is 2.24. The molecule has 4 N–H and O–H groups in total. The number of hydrogen-bond acceptors (Lipinski definition) is 7. The summed E-state index contributed by atoms with van der Waals surface area (Å²) in [5, 5.41) is 14.9. The zero-order valence-electron chi connectivity index (χ0n) is 16.9. The third-order valence-corrected chi connectivity index (χ3v) is 6.25. The first-order valence-electron chi connectivity index (χ1n) is 9.09. The lowest BCUT2D eigenvalue weighted by Gasteiger charge is -2.11. The van der Waals surface area contributed by atoms with Crippen LogP contribution in [0.3, 0.4) is 0 Å². The van der Waals surface area contributed by atoms with E-state index >= 15 is 0 Å². The number of aromatic nitrogens is 2. The molecule has 1 amide bonds. The van der Waals surface area contributed by atoms with Gasteiger partial charge in [-0.1, -0.05) is 0 Å². The second-order valence-corrected chi connectivity index (χ2v) is 9.62. The first-order chi connectivity index (χ1) is 15.0. The molecule has 0 unspecified atom stereocenters. The standard InChI is InChI=1S/C20H18BrN5O4S2/c1-11-9-12(2)23-19(22-11)26-32(29,30)15-6-4-14(5-7-15)24-20(31)25-18(28)13-3-8-17(27)16(21)10-13/h3-10,27H,1-2H3,(H,22,23,26)(H2,24,25,28,31). The Morgan fingerprint density at radius 1 is 1.03 bits per heavy atom. The van der Waals surface area contributed by atoms with Gasteiger partial charge < -0.3 is 10.4 Å². The molecule has 3 aromatic rings. The summed E-state index contributed by atoms with van der Waals surface area (Å²) in [5.41, 5.74) is 2.05. The number of sulfonamides is 1. The summed E-state index contributed by atoms with van der Waals surface area (Å²) in [6.07, 6.45) is 0. The Labute approximate surface area is 198 Å². The normalized spacial score (nSPS) is 11.0. The van der Waals surface area contributed by atoms with Crippen LogP contribution in [-0.4, -0.2) is 34.5 Å². The highest BCUT2D eigenvalue weighted by Gasteiger charge is 2.16. The molecule has 0 aliphatic heterocycles. The molecule has 0 spiro atoms. The van der Waals surface area contributed by atoms with Crippen molar-refractivity contribution in [1.82, 2.24) is 15.3 Å². The van der Waals surface area contributed by atoms with Gasteiger partial charge in [-0.25, -0.2) is 23.1 Å². The third kappa shape index (κ3) is 5.99. The summed E-state index contributed by atoms with van der Waals surface area (Å²) in [7, 11) is -3.88. The molecule has 12 heteroatoms. The summed E-state index contributed by atoms with van der Waals surface area (Å²) in [4.78, 5) is 20.4. The third-order valence-electron chi connectivity index (χ3n) is 4.07. The van der Waals surface area contributed by atoms with Crippen LogP contribution in [0.4, 0.5) is 11.6 Å². The van der Waals surface area contributed by atoms with Gasteiger partial charge in [-0.3, -0.25) is 10.1 Å². The molecular weight excluding hydrogens is 518 g/mol. The predicted octanol–water partition coefficient (Wildman–Crippen LogP) is 3.49. The number of amides is 1. The average Bonchev–Trinajstić information content (AvgIpc) is 2.69. The van der Waals surface area contributed by atoms with Crippen LogP contribution in [0, 0.1) is 13.8 Å². The number of thiocarbonyl (C=S) groups is 1. The molecule has 166 valence electrons. The molecule has 3 rings (SSSR count). The predicted molar refractivity (Wildman–Crippen MR) is 128 cm³/mol. The van der Waals surface area contributed by atoms with E-state index in [2.05, 4.69) is 41.3 Å². The van der Waals surface area contributed by atoms with Crippen LogP contribution in [0.2, 0.25) is 0 Å². The van der Waals surface area contributed by atoms with Gasteiger partial charge >= 0.3 is 0 Å². The van der Waals surface area contributed by atoms with Crippen LogP contribution in [0.15, 0.2) is 57.9 Å². The number of carbonyl (C=O) groups excluding carboxylic acids is 1. The molecule has 0 saturated heterocycles. The van der Waals surface area contributed by atoms with E-state index in [1.54, 1.807) is 19.9 Å². The van der Waals surface area contributed by atoms with Gasteiger partial charge in [0.15, 0.2) is 5.11 Å². The monoisotopic (exact) mass is 535 g/mol. The van der Waals surface area contributed by atoms with Crippen LogP contribution in [0.25, 0.3) is 0 Å². The van der Waals surface area contributed by atoms with Crippen molar-refractivity contribution in [2.45, 2.75) is 18.7 Å². The first-order valence-corrected chi connectivity index (χ1v) is 11.8. The molecule has 0 bridgehead atoms. The summed E-state index contributed by atoms with van der Waals surface area (Å²) >= 11 is 8.28. The smallest absolute Gasteiger partial charge is 0.264 e. The largest absolute Gasteiger partial charge is 0.507 e. The van der Waals surface area contributed by atoms with Gasteiger partial charge in [0.1, 0.15) is 5.75 Å². The Hall–Kier alpha value is -3.09. The molecule has 0 fully saturated rings. The lowest BCUT2D eigenvalue weighted by Crippen LogP contribution is -2.34. The Kier molecular flexibility index (Phi) is 7.06. The SMILES string of the molecule is Cc1cc(C)nc(NS(=O)(=O)c2ccc(NC(=S)NC(=O)c3ccc(O)c(Br)c3)cc2)n1. The molecule has 32 heavy (non-hydrogen) atoms. The topological polar surface area (TPSA) is 133 Å². The van der Waals surface area contributed by atoms with Crippen LogP contribution in [0.1, 0.15) is 21.7 Å². The van der Waals surface area contributed by atoms with Crippen LogP contribution in [0.5, 0.6) is 5.75 Å². The Morgan fingerprint density at radius 2 is 1.66 bits per heavy atom. The Balaban J connectivity index is 1.65. The van der Waals surface area contributed by atoms with E-state index in [1.807, 2.05) is 0 Å². The second kappa shape index (κ2) is 9.59. The van der Waals surface area contributed by atoms with Gasteiger partial charge in [0.2, 0.25) is 5.95 Å². The van der Waals surface area contributed by atoms with Crippen LogP contribution >= 0.6 is 28.1 Å². The number of phenolic OH excluding ortho intramolecular Hbond substituents is 1. The molecule has 0 atom stereocenters. The number of halogens is 1. The first kappa shape index (κ1) is 23.6. The maximum absolute atomic E-state index is 12.6. The summed E-state index contributed by atoms with van der Waals surface area (Å²) in [6, 6.07) is 11.8. The van der Waals surface area contributed by atoms with Gasteiger partial charge in [0, 0.05) is 22.6 Å². The van der Waals surface area contributed by atoms with Crippen molar-refractivity contribution in [2.75, 3.05) is 10.0 Å². The van der Waals surface area contributed by atoms with Gasteiger partial charge in [-0.15, -0.1) is 0 Å². The van der Waals surface area contributed by atoms with E-state index in [-0.39, 0.29) is 21.7 Å². The van der Waals surface area contributed by atoms with E-state index in [9.17, 15) is 18.3 Å². The number of carbonyl (C=O) groups is 1. The van der Waals surface area contributed by atoms with Crippen molar-refractivity contribution in [3.05, 3.63) is 70.0 Å². The van der Waals surface area contributed by atoms with Crippen LogP contribution in [-0.2, 0) is 10.0 Å². The van der Waals surface area contributed by atoms with E-state index in [4.69, 9.17) is 12.2 Å². The van der Waals surface area contributed by atoms with E-state index in [0.29, 0.717) is 27.1 Å². The maximum atomic E-state index is 12.6. The Bertz CT molecular complexity index is 1280. The van der Waals surface area contributed by atoms with Crippen molar-refractivity contribution in [3.8, 4) is 5.75 Å². The van der Waals surface area contributed by atoms with Crippen molar-refractivity contribution >= 4 is 60.8 Å². The molecular formula is C20H18BrN5O4S2. The van der Waals surface area contributed by atoms with Gasteiger partial charge in [0.05, 0.1) is 9.37 Å². The molecule has 1 heterocycles. The molecule has 9 nitrogen and oxygen atoms in total. The molecule has 1 aromatic heterocycles. The number of aryl methyl sites for hydroxylation is 2. The van der Waals surface area contributed by atoms with Gasteiger partial charge in [-0.05, 0) is 90.5 Å². The average molecular weight is 536 g/mol. The fourth-order valence-electron chi connectivity index (χ4n) is 2.65. The molecule has 0 aliphatic rings. The molecule has 2 aromatic carbocycles. The second-order valence-electron chi connectivity index (χ2n) is 6.68. The van der Waals surface area contributed by atoms with Gasteiger partial charge in [0.25, 0.3) is 15.9 Å². The van der Waals surface area contributed by atoms with Crippen molar-refractivity contribution in [1.29, 1.82) is 0 Å². The van der Waals surface area contributed by atoms with E-state index in [1.165, 1.54) is 42.5 Å². The fourth-order valence-corrected chi connectivity index (χ4v) is 4.19. The minimum Gasteiger partial charge on any atom is -0.507 e. The number of aromatic hydroxyl groups is 1. The zero-order valence-corrected chi connectivity index (χ0v) is 20.1. The van der Waals surface area contributed by atoms with E-state index < -0.39 is 15.9 Å². The van der Waals surface area contributed by atoms with E-state index in [0.717, 1.165) is 0 Å². The van der Waals surface area contributed by atoms with Gasteiger partial charge in [-0.2, -0.15) is 0 Å². The minimum absolute atomic E-state index is 0.00513. The summed E-state index contributed by atoms with van der Waals surface area (Å²) in [5.74, 6) is -0.467. The molecule has 0 saturated carbocycles. The lowest BCUT2D eigenvalue weighted by molar-refractivity contribution is 0.0977. The Morgan fingerprint density at radius 3 is 2.25 bits per heavy atom. The fraction of sp³-hybridized carbons (Fsp3) is 0.100. The van der Waals surface area contributed by atoms with Crippen LogP contribution < -0.4 is 15.4 Å². The van der Waals surface area contributed by atoms with Crippen molar-refractivity contribution in [3.63, 3.8) is 0 Å². The summed E-state index contributed by atoms with van der Waals surface area (Å²) < 4.78 is 27.9.